The van der Waals surface area contributed by atoms with Crippen LogP contribution < -0.4 is 4.90 Å². The van der Waals surface area contributed by atoms with Crippen molar-refractivity contribution < 1.29 is 9.59 Å². The van der Waals surface area contributed by atoms with Gasteiger partial charge in [0, 0.05) is 30.3 Å². The van der Waals surface area contributed by atoms with Gasteiger partial charge < -0.3 is 4.90 Å². The minimum Gasteiger partial charge on any atom is -0.372 e. The third-order valence-corrected chi connectivity index (χ3v) is 4.51. The molecule has 4 nitrogen and oxygen atoms in total. The van der Waals surface area contributed by atoms with Crippen molar-refractivity contribution in [2.75, 3.05) is 24.5 Å². The van der Waals surface area contributed by atoms with Crippen molar-refractivity contribution in [2.45, 2.75) is 13.3 Å². The lowest BCUT2D eigenvalue weighted by Gasteiger charge is -2.24. The third-order valence-electron chi connectivity index (χ3n) is 4.26. The van der Waals surface area contributed by atoms with Crippen molar-refractivity contribution in [1.82, 2.24) is 4.90 Å². The first kappa shape index (κ1) is 16.5. The number of halogens is 1. The summed E-state index contributed by atoms with van der Waals surface area (Å²) in [4.78, 5) is 28.2. The van der Waals surface area contributed by atoms with Gasteiger partial charge in [-0.05, 0) is 49.7 Å². The molecule has 2 aromatic carbocycles. The summed E-state index contributed by atoms with van der Waals surface area (Å²) in [6, 6.07) is 14.7. The average Bonchev–Trinajstić information content (AvgIpc) is 2.85. The van der Waals surface area contributed by atoms with E-state index >= 15 is 0 Å². The van der Waals surface area contributed by atoms with Crippen molar-refractivity contribution in [3.8, 4) is 0 Å². The van der Waals surface area contributed by atoms with E-state index in [1.54, 1.807) is 24.3 Å². The number of rotatable bonds is 6. The van der Waals surface area contributed by atoms with Gasteiger partial charge >= 0.3 is 0 Å². The Bertz CT molecular complexity index is 723. The van der Waals surface area contributed by atoms with Gasteiger partial charge in [-0.1, -0.05) is 23.7 Å². The van der Waals surface area contributed by atoms with Crippen LogP contribution in [0.15, 0.2) is 48.5 Å². The minimum atomic E-state index is -0.190. The smallest absolute Gasteiger partial charge is 0.261 e. The summed E-state index contributed by atoms with van der Waals surface area (Å²) in [5, 5.41) is 0.709. The molecule has 0 aromatic heterocycles. The van der Waals surface area contributed by atoms with Crippen molar-refractivity contribution >= 4 is 29.1 Å². The first-order valence-electron chi connectivity index (χ1n) is 8.07. The number of carbonyl (C=O) groups is 2. The summed E-state index contributed by atoms with van der Waals surface area (Å²) in [5.74, 6) is -0.379. The van der Waals surface area contributed by atoms with Crippen LogP contribution in [0.1, 0.15) is 34.1 Å². The van der Waals surface area contributed by atoms with Gasteiger partial charge in [-0.3, -0.25) is 14.5 Å². The van der Waals surface area contributed by atoms with Crippen molar-refractivity contribution in [3.05, 3.63) is 64.7 Å². The molecule has 3 rings (SSSR count). The van der Waals surface area contributed by atoms with E-state index in [1.807, 2.05) is 24.3 Å². The maximum Gasteiger partial charge on any atom is 0.261 e. The van der Waals surface area contributed by atoms with Crippen molar-refractivity contribution in [3.63, 3.8) is 0 Å². The Balaban J connectivity index is 1.61. The van der Waals surface area contributed by atoms with Gasteiger partial charge in [-0.25, -0.2) is 0 Å². The molecule has 0 saturated heterocycles. The van der Waals surface area contributed by atoms with Gasteiger partial charge in [0.15, 0.2) is 0 Å². The van der Waals surface area contributed by atoms with Gasteiger partial charge in [0.25, 0.3) is 11.8 Å². The number of imide groups is 1. The van der Waals surface area contributed by atoms with Crippen LogP contribution in [0.2, 0.25) is 5.02 Å². The van der Waals surface area contributed by atoms with Gasteiger partial charge in [-0.15, -0.1) is 0 Å². The Kier molecular flexibility index (Phi) is 4.86. The van der Waals surface area contributed by atoms with Gasteiger partial charge in [0.2, 0.25) is 0 Å². The highest BCUT2D eigenvalue weighted by molar-refractivity contribution is 6.30. The van der Waals surface area contributed by atoms with E-state index in [1.165, 1.54) is 4.90 Å². The molecule has 0 radical (unpaired) electrons. The molecular weight excluding hydrogens is 324 g/mol. The lowest BCUT2D eigenvalue weighted by atomic mass is 10.1. The maximum absolute atomic E-state index is 12.3. The first-order valence-corrected chi connectivity index (χ1v) is 8.45. The zero-order chi connectivity index (χ0) is 17.1. The monoisotopic (exact) mass is 342 g/mol. The lowest BCUT2D eigenvalue weighted by Crippen LogP contribution is -2.33. The zero-order valence-electron chi connectivity index (χ0n) is 13.5. The van der Waals surface area contributed by atoms with Crippen LogP contribution >= 0.6 is 11.6 Å². The number of fused-ring (bicyclic) bond motifs is 1. The predicted molar refractivity (Wildman–Crippen MR) is 95.8 cm³/mol. The summed E-state index contributed by atoms with van der Waals surface area (Å²) in [6.45, 7) is 4.13. The first-order chi connectivity index (χ1) is 11.6. The summed E-state index contributed by atoms with van der Waals surface area (Å²) >= 11 is 5.93. The fourth-order valence-electron chi connectivity index (χ4n) is 2.98. The minimum absolute atomic E-state index is 0.190. The summed E-state index contributed by atoms with van der Waals surface area (Å²) in [6.07, 6.45) is 0.724. The van der Waals surface area contributed by atoms with Gasteiger partial charge in [0.1, 0.15) is 0 Å². The highest BCUT2D eigenvalue weighted by Gasteiger charge is 2.34. The molecule has 0 fully saturated rings. The molecule has 2 aromatic rings. The summed E-state index contributed by atoms with van der Waals surface area (Å²) in [7, 11) is 0. The fourth-order valence-corrected chi connectivity index (χ4v) is 3.11. The molecule has 24 heavy (non-hydrogen) atoms. The number of amides is 2. The number of anilines is 1. The molecule has 124 valence electrons. The van der Waals surface area contributed by atoms with Crippen LogP contribution in [0, 0.1) is 0 Å². The van der Waals surface area contributed by atoms with Gasteiger partial charge in [-0.2, -0.15) is 0 Å². The van der Waals surface area contributed by atoms with E-state index in [9.17, 15) is 9.59 Å². The van der Waals surface area contributed by atoms with Crippen LogP contribution in [-0.4, -0.2) is 36.3 Å². The number of hydrogen-bond acceptors (Lipinski definition) is 3. The maximum atomic E-state index is 12.3. The highest BCUT2D eigenvalue weighted by atomic mass is 35.5. The summed E-state index contributed by atoms with van der Waals surface area (Å²) < 4.78 is 0. The Morgan fingerprint density at radius 3 is 2.08 bits per heavy atom. The van der Waals surface area contributed by atoms with Gasteiger partial charge in [0.05, 0.1) is 11.1 Å². The molecule has 0 aliphatic carbocycles. The number of carbonyl (C=O) groups excluding carboxylic acids is 2. The molecular formula is C19H19ClN2O2. The molecule has 0 saturated carbocycles. The molecule has 1 heterocycles. The summed E-state index contributed by atoms with van der Waals surface area (Å²) in [5.41, 5.74) is 2.10. The Hall–Kier alpha value is -2.33. The second kappa shape index (κ2) is 7.05. The average molecular weight is 343 g/mol. The van der Waals surface area contributed by atoms with E-state index in [-0.39, 0.29) is 11.8 Å². The molecule has 1 aliphatic heterocycles. The van der Waals surface area contributed by atoms with E-state index in [0.717, 1.165) is 25.2 Å². The highest BCUT2D eigenvalue weighted by Crippen LogP contribution is 2.23. The second-order valence-corrected chi connectivity index (χ2v) is 6.15. The Morgan fingerprint density at radius 1 is 0.958 bits per heavy atom. The van der Waals surface area contributed by atoms with E-state index in [2.05, 4.69) is 11.8 Å². The number of nitrogens with zero attached hydrogens (tertiary/aromatic N) is 2. The van der Waals surface area contributed by atoms with Crippen LogP contribution in [0.3, 0.4) is 0 Å². The predicted octanol–water partition coefficient (Wildman–Crippen LogP) is 3.85. The number of benzene rings is 2. The molecule has 2 amide bonds. The van der Waals surface area contributed by atoms with Crippen molar-refractivity contribution in [1.29, 1.82) is 0 Å². The van der Waals surface area contributed by atoms with Crippen LogP contribution in [-0.2, 0) is 0 Å². The molecule has 0 spiro atoms. The molecule has 0 unspecified atom stereocenters. The largest absolute Gasteiger partial charge is 0.372 e. The second-order valence-electron chi connectivity index (χ2n) is 5.72. The van der Waals surface area contributed by atoms with Crippen molar-refractivity contribution in [2.24, 2.45) is 0 Å². The van der Waals surface area contributed by atoms with Crippen LogP contribution in [0.25, 0.3) is 0 Å². The van der Waals surface area contributed by atoms with E-state index in [0.29, 0.717) is 22.7 Å². The SMILES string of the molecule is CCN(CCCN1C(=O)c2ccccc2C1=O)c1ccc(Cl)cc1. The third kappa shape index (κ3) is 3.15. The van der Waals surface area contributed by atoms with Crippen LogP contribution in [0.5, 0.6) is 0 Å². The quantitative estimate of drug-likeness (QED) is 0.749. The standard InChI is InChI=1S/C19H19ClN2O2/c1-2-21(15-10-8-14(20)9-11-15)12-5-13-22-18(23)16-6-3-4-7-17(16)19(22)24/h3-4,6-11H,2,5,12-13H2,1H3. The zero-order valence-corrected chi connectivity index (χ0v) is 14.3. The Labute approximate surface area is 146 Å². The van der Waals surface area contributed by atoms with E-state index < -0.39 is 0 Å². The molecule has 1 aliphatic rings. The molecule has 0 bridgehead atoms. The normalized spacial score (nSPS) is 13.3. The number of hydrogen-bond donors (Lipinski definition) is 0. The van der Waals surface area contributed by atoms with Crippen LogP contribution in [0.4, 0.5) is 5.69 Å². The molecule has 0 N–H and O–H groups in total. The van der Waals surface area contributed by atoms with E-state index in [4.69, 9.17) is 11.6 Å². The molecule has 0 atom stereocenters. The Morgan fingerprint density at radius 2 is 1.54 bits per heavy atom. The topological polar surface area (TPSA) is 40.6 Å². The lowest BCUT2D eigenvalue weighted by molar-refractivity contribution is 0.0653. The fraction of sp³-hybridized carbons (Fsp3) is 0.263. The molecule has 5 heteroatoms.